The molecule has 0 aliphatic rings. The van der Waals surface area contributed by atoms with Gasteiger partial charge in [0.15, 0.2) is 0 Å². The van der Waals surface area contributed by atoms with Crippen molar-refractivity contribution >= 4 is 12.2 Å². The molecule has 0 saturated carbocycles. The van der Waals surface area contributed by atoms with Crippen molar-refractivity contribution in [1.82, 2.24) is 19.7 Å². The maximum Gasteiger partial charge on any atom is 0.149 e. The van der Waals surface area contributed by atoms with E-state index in [0.717, 1.165) is 0 Å². The molecule has 0 spiro atoms. The molecule has 0 unspecified atom stereocenters. The van der Waals surface area contributed by atoms with Gasteiger partial charge in [0.25, 0.3) is 0 Å². The normalized spacial score (nSPS) is 10.7. The lowest BCUT2D eigenvalue weighted by atomic mass is 10.1. The van der Waals surface area contributed by atoms with Gasteiger partial charge in [-0.3, -0.25) is 4.98 Å². The van der Waals surface area contributed by atoms with E-state index in [1.54, 1.807) is 36.4 Å². The minimum atomic E-state index is -0.388. The number of pyridine rings is 1. The Morgan fingerprint density at radius 1 is 1.18 bits per heavy atom. The second kappa shape index (κ2) is 5.97. The highest BCUT2D eigenvalue weighted by Crippen LogP contribution is 2.15. The van der Waals surface area contributed by atoms with Gasteiger partial charge in [-0.05, 0) is 35.9 Å². The van der Waals surface area contributed by atoms with Gasteiger partial charge in [0.1, 0.15) is 30.2 Å². The molecule has 0 aliphatic carbocycles. The quantitative estimate of drug-likeness (QED) is 0.744. The Morgan fingerprint density at radius 3 is 2.73 bits per heavy atom. The zero-order valence-corrected chi connectivity index (χ0v) is 11.4. The van der Waals surface area contributed by atoms with Crippen LogP contribution in [0.4, 0.5) is 4.39 Å². The summed E-state index contributed by atoms with van der Waals surface area (Å²) in [7, 11) is 0. The molecule has 3 rings (SSSR count). The van der Waals surface area contributed by atoms with Crippen molar-refractivity contribution in [3.63, 3.8) is 0 Å². The van der Waals surface area contributed by atoms with Crippen LogP contribution in [0.25, 0.3) is 17.8 Å². The Morgan fingerprint density at radius 2 is 2.09 bits per heavy atom. The lowest BCUT2D eigenvalue weighted by Gasteiger charge is -2.03. The van der Waals surface area contributed by atoms with E-state index in [4.69, 9.17) is 5.26 Å². The fourth-order valence-electron chi connectivity index (χ4n) is 1.90. The molecule has 0 saturated heterocycles. The van der Waals surface area contributed by atoms with Crippen molar-refractivity contribution in [3.8, 4) is 11.8 Å². The lowest BCUT2D eigenvalue weighted by Crippen LogP contribution is -1.98. The van der Waals surface area contributed by atoms with E-state index in [1.807, 2.05) is 6.07 Å². The molecule has 1 aromatic carbocycles. The predicted octanol–water partition coefficient (Wildman–Crippen LogP) is 2.84. The monoisotopic (exact) mass is 291 g/mol. The molecule has 0 N–H and O–H groups in total. The van der Waals surface area contributed by atoms with E-state index in [1.165, 1.54) is 29.6 Å². The van der Waals surface area contributed by atoms with Crippen LogP contribution in [0.15, 0.2) is 49.2 Å². The van der Waals surface area contributed by atoms with Crippen LogP contribution in [0.1, 0.15) is 16.8 Å². The molecule has 2 aromatic heterocycles. The summed E-state index contributed by atoms with van der Waals surface area (Å²) in [5.41, 5.74) is 2.24. The number of aromatic nitrogens is 4. The van der Waals surface area contributed by atoms with E-state index in [2.05, 4.69) is 15.1 Å². The van der Waals surface area contributed by atoms with Gasteiger partial charge in [-0.2, -0.15) is 10.4 Å². The highest BCUT2D eigenvalue weighted by Gasteiger charge is 2.05. The molecular weight excluding hydrogens is 281 g/mol. The number of nitrogens with zero attached hydrogens (tertiary/aromatic N) is 5. The summed E-state index contributed by atoms with van der Waals surface area (Å²) in [5, 5.41) is 12.6. The molecule has 6 heteroatoms. The third-order valence-electron chi connectivity index (χ3n) is 3.00. The molecule has 0 aliphatic heterocycles. The van der Waals surface area contributed by atoms with E-state index >= 15 is 0 Å². The summed E-state index contributed by atoms with van der Waals surface area (Å²) in [6.07, 6.45) is 7.79. The van der Waals surface area contributed by atoms with E-state index in [-0.39, 0.29) is 5.82 Å². The summed E-state index contributed by atoms with van der Waals surface area (Å²) in [5.74, 6) is -0.388. The minimum absolute atomic E-state index is 0.339. The molecule has 0 bridgehead atoms. The molecule has 0 atom stereocenters. The van der Waals surface area contributed by atoms with Crippen molar-refractivity contribution in [2.45, 2.75) is 0 Å². The maximum absolute atomic E-state index is 14.1. The Balaban J connectivity index is 1.82. The van der Waals surface area contributed by atoms with Crippen LogP contribution in [-0.2, 0) is 0 Å². The summed E-state index contributed by atoms with van der Waals surface area (Å²) in [6.45, 7) is 0. The largest absolute Gasteiger partial charge is 0.256 e. The Bertz CT molecular complexity index is 845. The number of hydrogen-bond donors (Lipinski definition) is 0. The SMILES string of the molecule is N#Cc1ccc(/C=C/c2ccc(-n3cncn3)c(F)c2)nc1. The number of halogens is 1. The molecular formula is C16H10FN5. The average Bonchev–Trinajstić information content (AvgIpc) is 3.07. The van der Waals surface area contributed by atoms with E-state index < -0.39 is 0 Å². The summed E-state index contributed by atoms with van der Waals surface area (Å²) in [6, 6.07) is 10.2. The predicted molar refractivity (Wildman–Crippen MR) is 79.2 cm³/mol. The number of benzene rings is 1. The van der Waals surface area contributed by atoms with Crippen molar-refractivity contribution in [2.75, 3.05) is 0 Å². The first-order chi connectivity index (χ1) is 10.8. The first-order valence-electron chi connectivity index (χ1n) is 6.45. The number of nitriles is 1. The molecule has 5 nitrogen and oxygen atoms in total. The molecule has 22 heavy (non-hydrogen) atoms. The van der Waals surface area contributed by atoms with Crippen molar-refractivity contribution in [2.24, 2.45) is 0 Å². The van der Waals surface area contributed by atoms with Gasteiger partial charge in [0.05, 0.1) is 11.3 Å². The highest BCUT2D eigenvalue weighted by atomic mass is 19.1. The third-order valence-corrected chi connectivity index (χ3v) is 3.00. The highest BCUT2D eigenvalue weighted by molar-refractivity contribution is 5.68. The molecule has 2 heterocycles. The van der Waals surface area contributed by atoms with Crippen molar-refractivity contribution in [1.29, 1.82) is 5.26 Å². The Hall–Kier alpha value is -3.33. The zero-order chi connectivity index (χ0) is 15.4. The van der Waals surface area contributed by atoms with Crippen LogP contribution in [0.5, 0.6) is 0 Å². The van der Waals surface area contributed by atoms with Crippen LogP contribution < -0.4 is 0 Å². The summed E-state index contributed by atoms with van der Waals surface area (Å²) in [4.78, 5) is 7.91. The van der Waals surface area contributed by atoms with Crippen LogP contribution in [0.3, 0.4) is 0 Å². The maximum atomic E-state index is 14.1. The van der Waals surface area contributed by atoms with Gasteiger partial charge in [0, 0.05) is 6.20 Å². The number of hydrogen-bond acceptors (Lipinski definition) is 4. The fourth-order valence-corrected chi connectivity index (χ4v) is 1.90. The number of rotatable bonds is 3. The van der Waals surface area contributed by atoms with Gasteiger partial charge in [-0.1, -0.05) is 12.1 Å². The van der Waals surface area contributed by atoms with Crippen LogP contribution in [-0.4, -0.2) is 19.7 Å². The van der Waals surface area contributed by atoms with Crippen molar-refractivity contribution < 1.29 is 4.39 Å². The second-order valence-electron chi connectivity index (χ2n) is 4.47. The van der Waals surface area contributed by atoms with Crippen molar-refractivity contribution in [3.05, 3.63) is 71.8 Å². The van der Waals surface area contributed by atoms with Gasteiger partial charge in [0.2, 0.25) is 0 Å². The van der Waals surface area contributed by atoms with Gasteiger partial charge in [-0.25, -0.2) is 14.1 Å². The molecule has 0 fully saturated rings. The van der Waals surface area contributed by atoms with Gasteiger partial charge in [-0.15, -0.1) is 0 Å². The minimum Gasteiger partial charge on any atom is -0.256 e. The Labute approximate surface area is 126 Å². The molecule has 106 valence electrons. The average molecular weight is 291 g/mol. The van der Waals surface area contributed by atoms with Crippen LogP contribution in [0.2, 0.25) is 0 Å². The zero-order valence-electron chi connectivity index (χ0n) is 11.4. The van der Waals surface area contributed by atoms with Crippen LogP contribution >= 0.6 is 0 Å². The summed E-state index contributed by atoms with van der Waals surface area (Å²) < 4.78 is 15.4. The smallest absolute Gasteiger partial charge is 0.149 e. The molecule has 0 radical (unpaired) electrons. The second-order valence-corrected chi connectivity index (χ2v) is 4.47. The standard InChI is InChI=1S/C16H10FN5/c17-15-7-12(3-6-16(15)22-11-19-10-21-22)1-4-14-5-2-13(8-18)9-20-14/h1-7,9-11H/b4-1+. The lowest BCUT2D eigenvalue weighted by molar-refractivity contribution is 0.610. The molecule has 0 amide bonds. The summed E-state index contributed by atoms with van der Waals surface area (Å²) >= 11 is 0. The van der Waals surface area contributed by atoms with Crippen LogP contribution in [0, 0.1) is 17.1 Å². The topological polar surface area (TPSA) is 67.4 Å². The first kappa shape index (κ1) is 13.6. The van der Waals surface area contributed by atoms with Gasteiger partial charge >= 0.3 is 0 Å². The third kappa shape index (κ3) is 2.88. The van der Waals surface area contributed by atoms with E-state index in [9.17, 15) is 4.39 Å². The Kier molecular flexibility index (Phi) is 3.70. The van der Waals surface area contributed by atoms with Gasteiger partial charge < -0.3 is 0 Å². The molecule has 3 aromatic rings. The first-order valence-corrected chi connectivity index (χ1v) is 6.45. The fraction of sp³-hybridized carbons (Fsp3) is 0. The van der Waals surface area contributed by atoms with E-state index in [0.29, 0.717) is 22.5 Å².